The van der Waals surface area contributed by atoms with Gasteiger partial charge in [-0.3, -0.25) is 4.98 Å². The Labute approximate surface area is 117 Å². The van der Waals surface area contributed by atoms with Crippen LogP contribution in [0.15, 0.2) is 12.3 Å². The molecule has 1 aliphatic carbocycles. The van der Waals surface area contributed by atoms with Crippen molar-refractivity contribution in [3.8, 4) is 0 Å². The molecular formula is C16H27N3. The molecule has 19 heavy (non-hydrogen) atoms. The number of nitrogens with one attached hydrogen (secondary N) is 1. The van der Waals surface area contributed by atoms with E-state index in [9.17, 15) is 0 Å². The number of hydrogen-bond donors (Lipinski definition) is 1. The molecule has 1 unspecified atom stereocenters. The van der Waals surface area contributed by atoms with E-state index in [0.29, 0.717) is 12.0 Å². The minimum Gasteiger partial charge on any atom is -0.371 e. The number of nitrogens with zero attached hydrogens (tertiary/aromatic N) is 2. The van der Waals surface area contributed by atoms with Gasteiger partial charge in [-0.15, -0.1) is 0 Å². The minimum absolute atomic E-state index is 0.529. The van der Waals surface area contributed by atoms with Gasteiger partial charge in [0.1, 0.15) is 0 Å². The highest BCUT2D eigenvalue weighted by molar-refractivity contribution is 5.53. The van der Waals surface area contributed by atoms with Gasteiger partial charge in [-0.05, 0) is 38.7 Å². The Hall–Kier alpha value is -1.09. The van der Waals surface area contributed by atoms with Crippen molar-refractivity contribution in [2.45, 2.75) is 59.2 Å². The molecule has 3 heteroatoms. The van der Waals surface area contributed by atoms with Crippen LogP contribution in [0.2, 0.25) is 0 Å². The maximum absolute atomic E-state index is 4.46. The molecule has 1 aliphatic rings. The molecule has 1 atom stereocenters. The van der Waals surface area contributed by atoms with Gasteiger partial charge in [0.2, 0.25) is 0 Å². The summed E-state index contributed by atoms with van der Waals surface area (Å²) in [6.45, 7) is 9.84. The van der Waals surface area contributed by atoms with E-state index >= 15 is 0 Å². The lowest BCUT2D eigenvalue weighted by atomic mass is 10.0. The second-order valence-corrected chi connectivity index (χ2v) is 6.21. The van der Waals surface area contributed by atoms with Gasteiger partial charge in [-0.2, -0.15) is 0 Å². The van der Waals surface area contributed by atoms with E-state index in [2.05, 4.69) is 56.0 Å². The van der Waals surface area contributed by atoms with Crippen LogP contribution in [-0.2, 0) is 6.54 Å². The second-order valence-electron chi connectivity index (χ2n) is 6.21. The highest BCUT2D eigenvalue weighted by Crippen LogP contribution is 2.26. The Morgan fingerprint density at radius 3 is 2.63 bits per heavy atom. The van der Waals surface area contributed by atoms with Crippen molar-refractivity contribution < 1.29 is 0 Å². The van der Waals surface area contributed by atoms with Crippen LogP contribution in [0.1, 0.15) is 44.9 Å². The fraction of sp³-hybridized carbons (Fsp3) is 0.688. The van der Waals surface area contributed by atoms with E-state index in [-0.39, 0.29) is 0 Å². The van der Waals surface area contributed by atoms with E-state index in [1.807, 2.05) is 6.20 Å². The molecule has 1 N–H and O–H groups in total. The molecule has 0 aliphatic heterocycles. The average molecular weight is 261 g/mol. The highest BCUT2D eigenvalue weighted by atomic mass is 15.1. The smallest absolute Gasteiger partial charge is 0.0445 e. The van der Waals surface area contributed by atoms with Crippen LogP contribution >= 0.6 is 0 Å². The molecule has 3 nitrogen and oxygen atoms in total. The van der Waals surface area contributed by atoms with Gasteiger partial charge in [0.15, 0.2) is 0 Å². The summed E-state index contributed by atoms with van der Waals surface area (Å²) in [6.07, 6.45) is 4.68. The monoisotopic (exact) mass is 261 g/mol. The lowest BCUT2D eigenvalue weighted by Gasteiger charge is -2.32. The third kappa shape index (κ3) is 3.69. The summed E-state index contributed by atoms with van der Waals surface area (Å²) in [5, 5.41) is 3.59. The van der Waals surface area contributed by atoms with Crippen molar-refractivity contribution in [2.75, 3.05) is 11.9 Å². The van der Waals surface area contributed by atoms with Gasteiger partial charge in [0.05, 0.1) is 0 Å². The lowest BCUT2D eigenvalue weighted by Crippen LogP contribution is -2.34. The molecule has 1 aromatic heterocycles. The molecule has 0 bridgehead atoms. The molecule has 1 fully saturated rings. The van der Waals surface area contributed by atoms with Crippen molar-refractivity contribution in [2.24, 2.45) is 5.92 Å². The summed E-state index contributed by atoms with van der Waals surface area (Å²) in [4.78, 5) is 6.85. The fourth-order valence-electron chi connectivity index (χ4n) is 2.25. The predicted octanol–water partition coefficient (Wildman–Crippen LogP) is 3.12. The summed E-state index contributed by atoms with van der Waals surface area (Å²) in [6, 6.07) is 3.48. The Morgan fingerprint density at radius 2 is 2.05 bits per heavy atom. The normalized spacial score (nSPS) is 16.7. The van der Waals surface area contributed by atoms with Gasteiger partial charge in [-0.25, -0.2) is 0 Å². The van der Waals surface area contributed by atoms with Crippen molar-refractivity contribution in [1.29, 1.82) is 0 Å². The highest BCUT2D eigenvalue weighted by Gasteiger charge is 2.22. The summed E-state index contributed by atoms with van der Waals surface area (Å²) >= 11 is 0. The molecule has 2 rings (SSSR count). The fourth-order valence-corrected chi connectivity index (χ4v) is 2.25. The van der Waals surface area contributed by atoms with Crippen molar-refractivity contribution >= 4 is 5.69 Å². The third-order valence-corrected chi connectivity index (χ3v) is 4.21. The zero-order valence-corrected chi connectivity index (χ0v) is 12.9. The largest absolute Gasteiger partial charge is 0.371 e. The van der Waals surface area contributed by atoms with Crippen LogP contribution in [0.3, 0.4) is 0 Å². The van der Waals surface area contributed by atoms with Crippen LogP contribution in [0.5, 0.6) is 0 Å². The Balaban J connectivity index is 2.17. The number of rotatable bonds is 6. The van der Waals surface area contributed by atoms with Crippen LogP contribution in [0.4, 0.5) is 5.69 Å². The first-order valence-corrected chi connectivity index (χ1v) is 7.40. The summed E-state index contributed by atoms with van der Waals surface area (Å²) in [5.74, 6) is 0.641. The van der Waals surface area contributed by atoms with Crippen LogP contribution < -0.4 is 10.2 Å². The SMILES string of the molecule is Cc1cc(N(C)C(C)C(C)C)c(CNC2CC2)cn1. The van der Waals surface area contributed by atoms with Gasteiger partial charge in [-0.1, -0.05) is 13.8 Å². The van der Waals surface area contributed by atoms with Gasteiger partial charge < -0.3 is 10.2 Å². The summed E-state index contributed by atoms with van der Waals surface area (Å²) < 4.78 is 0. The van der Waals surface area contributed by atoms with Crippen LogP contribution in [0.25, 0.3) is 0 Å². The van der Waals surface area contributed by atoms with E-state index < -0.39 is 0 Å². The van der Waals surface area contributed by atoms with E-state index in [4.69, 9.17) is 0 Å². The van der Waals surface area contributed by atoms with Crippen LogP contribution in [0, 0.1) is 12.8 Å². The molecule has 1 aromatic rings. The number of aromatic nitrogens is 1. The minimum atomic E-state index is 0.529. The quantitative estimate of drug-likeness (QED) is 0.853. The first kappa shape index (κ1) is 14.3. The van der Waals surface area contributed by atoms with Crippen molar-refractivity contribution in [3.05, 3.63) is 23.5 Å². The first-order chi connectivity index (χ1) is 8.99. The van der Waals surface area contributed by atoms with Crippen molar-refractivity contribution in [1.82, 2.24) is 10.3 Å². The first-order valence-electron chi connectivity index (χ1n) is 7.40. The molecule has 1 heterocycles. The third-order valence-electron chi connectivity index (χ3n) is 4.21. The molecule has 0 aromatic carbocycles. The Kier molecular flexibility index (Phi) is 4.46. The predicted molar refractivity (Wildman–Crippen MR) is 81.5 cm³/mol. The molecule has 0 spiro atoms. The van der Waals surface area contributed by atoms with E-state index in [1.165, 1.54) is 24.1 Å². The van der Waals surface area contributed by atoms with Gasteiger partial charge in [0.25, 0.3) is 0 Å². The Bertz CT molecular complexity index is 424. The standard InChI is InChI=1S/C16H27N3/c1-11(2)13(4)19(5)16-8-12(3)17-9-14(16)10-18-15-6-7-15/h8-9,11,13,15,18H,6-7,10H2,1-5H3. The van der Waals surface area contributed by atoms with Gasteiger partial charge in [0, 0.05) is 48.8 Å². The van der Waals surface area contributed by atoms with Gasteiger partial charge >= 0.3 is 0 Å². The summed E-state index contributed by atoms with van der Waals surface area (Å²) in [5.41, 5.74) is 3.72. The lowest BCUT2D eigenvalue weighted by molar-refractivity contribution is 0.504. The van der Waals surface area contributed by atoms with Crippen molar-refractivity contribution in [3.63, 3.8) is 0 Å². The topological polar surface area (TPSA) is 28.2 Å². The maximum atomic E-state index is 4.46. The average Bonchev–Trinajstić information content (AvgIpc) is 3.19. The zero-order valence-electron chi connectivity index (χ0n) is 12.9. The number of anilines is 1. The number of pyridine rings is 1. The molecule has 0 saturated heterocycles. The van der Waals surface area contributed by atoms with E-state index in [0.717, 1.165) is 18.3 Å². The second kappa shape index (κ2) is 5.91. The molecule has 0 amide bonds. The Morgan fingerprint density at radius 1 is 1.37 bits per heavy atom. The van der Waals surface area contributed by atoms with E-state index in [1.54, 1.807) is 0 Å². The molecule has 0 radical (unpaired) electrons. The molecule has 1 saturated carbocycles. The maximum Gasteiger partial charge on any atom is 0.0445 e. The summed E-state index contributed by atoms with van der Waals surface area (Å²) in [7, 11) is 2.19. The molecule has 106 valence electrons. The molecular weight excluding hydrogens is 234 g/mol. The number of hydrogen-bond acceptors (Lipinski definition) is 3. The van der Waals surface area contributed by atoms with Crippen LogP contribution in [-0.4, -0.2) is 24.1 Å². The zero-order chi connectivity index (χ0) is 14.0. The number of aryl methyl sites for hydroxylation is 1.